The minimum atomic E-state index is -4.53. The Balaban J connectivity index is 1.52. The molecule has 3 aromatic rings. The Morgan fingerprint density at radius 2 is 1.14 bits per heavy atom. The van der Waals surface area contributed by atoms with Gasteiger partial charge in [-0.3, -0.25) is 19.4 Å². The molecule has 2 aromatic carbocycles. The second-order valence-electron chi connectivity index (χ2n) is 11.3. The molecule has 3 saturated heterocycles. The number of halogens is 3. The van der Waals surface area contributed by atoms with E-state index in [0.717, 1.165) is 44.6 Å². The van der Waals surface area contributed by atoms with E-state index < -0.39 is 11.7 Å². The van der Waals surface area contributed by atoms with Gasteiger partial charge in [-0.1, -0.05) is 24.3 Å². The number of alkyl halides is 3. The smallest absolute Gasteiger partial charge is 0.312 e. The van der Waals surface area contributed by atoms with Crippen molar-refractivity contribution in [2.24, 2.45) is 0 Å². The molecule has 0 spiro atoms. The second kappa shape index (κ2) is 11.8. The first kappa shape index (κ1) is 28.9. The summed E-state index contributed by atoms with van der Waals surface area (Å²) < 4.78 is 41.2. The molecule has 0 saturated carbocycles. The number of piperidine rings is 3. The number of rotatable bonds is 5. The maximum Gasteiger partial charge on any atom is 0.417 e. The molecule has 0 aliphatic carbocycles. The topological polar surface area (TPSA) is 73.8 Å². The van der Waals surface area contributed by atoms with Crippen LogP contribution < -0.4 is 14.7 Å². The molecule has 0 unspecified atom stereocenters. The van der Waals surface area contributed by atoms with Crippen LogP contribution in [0.2, 0.25) is 0 Å². The number of carbonyl (C=O) groups excluding carboxylic acids is 3. The highest BCUT2D eigenvalue weighted by atomic mass is 19.4. The van der Waals surface area contributed by atoms with Crippen molar-refractivity contribution in [2.45, 2.75) is 64.0 Å². The molecule has 6 rings (SSSR count). The normalized spacial score (nSPS) is 18.4. The summed E-state index contributed by atoms with van der Waals surface area (Å²) in [6.07, 6.45) is 3.08. The molecule has 1 aromatic heterocycles. The summed E-state index contributed by atoms with van der Waals surface area (Å²) in [6.45, 7) is 1.54. The molecule has 3 aliphatic heterocycles. The lowest BCUT2D eigenvalue weighted by Gasteiger charge is -2.36. The molecular formula is C33H33F3N4O3. The zero-order chi connectivity index (χ0) is 30.1. The predicted molar refractivity (Wildman–Crippen MR) is 159 cm³/mol. The lowest BCUT2D eigenvalue weighted by molar-refractivity contribution is -0.137. The lowest BCUT2D eigenvalue weighted by Crippen LogP contribution is -2.40. The van der Waals surface area contributed by atoms with Gasteiger partial charge >= 0.3 is 6.18 Å². The molecule has 3 amide bonds. The standard InChI is InChI=1S/C33H33F3N4O3/c34-33(35,36)25-10-2-1-9-23(25)26-15-14-22(21-37-26)24-19-28(39-17-7-4-12-31(39)42)29(40-18-8-5-13-32(40)43)20-27(24)38-16-6-3-11-30(38)41/h1-2,9-10,14-15,19-21H,3-8,11-13,16-18H2. The Morgan fingerprint density at radius 1 is 0.605 bits per heavy atom. The second-order valence-corrected chi connectivity index (χ2v) is 11.3. The predicted octanol–water partition coefficient (Wildman–Crippen LogP) is 6.99. The summed E-state index contributed by atoms with van der Waals surface area (Å²) in [7, 11) is 0. The van der Waals surface area contributed by atoms with Crippen LogP contribution in [0.4, 0.5) is 30.2 Å². The van der Waals surface area contributed by atoms with Crippen molar-refractivity contribution in [2.75, 3.05) is 34.3 Å². The van der Waals surface area contributed by atoms with E-state index in [4.69, 9.17) is 0 Å². The Bertz CT molecular complexity index is 1550. The van der Waals surface area contributed by atoms with E-state index in [1.54, 1.807) is 32.9 Å². The van der Waals surface area contributed by atoms with E-state index in [0.29, 0.717) is 67.1 Å². The summed E-state index contributed by atoms with van der Waals surface area (Å²) in [5, 5.41) is 0. The highest BCUT2D eigenvalue weighted by Gasteiger charge is 2.34. The fourth-order valence-electron chi connectivity index (χ4n) is 6.30. The summed E-state index contributed by atoms with van der Waals surface area (Å²) in [4.78, 5) is 49.1. The molecule has 4 heterocycles. The van der Waals surface area contributed by atoms with Gasteiger partial charge in [0.2, 0.25) is 17.7 Å². The van der Waals surface area contributed by atoms with Gasteiger partial charge in [0.1, 0.15) is 0 Å². The van der Waals surface area contributed by atoms with Gasteiger partial charge < -0.3 is 14.7 Å². The Morgan fingerprint density at radius 3 is 1.65 bits per heavy atom. The number of carbonyl (C=O) groups is 3. The lowest BCUT2D eigenvalue weighted by atomic mass is 9.96. The van der Waals surface area contributed by atoms with E-state index in [1.807, 2.05) is 12.1 Å². The Hall–Kier alpha value is -4.21. The number of hydrogen-bond acceptors (Lipinski definition) is 4. The van der Waals surface area contributed by atoms with E-state index in [2.05, 4.69) is 4.98 Å². The average Bonchev–Trinajstić information content (AvgIpc) is 3.01. The number of aromatic nitrogens is 1. The third kappa shape index (κ3) is 5.75. The highest BCUT2D eigenvalue weighted by Crippen LogP contribution is 2.44. The van der Waals surface area contributed by atoms with Gasteiger partial charge in [-0.15, -0.1) is 0 Å². The Labute approximate surface area is 248 Å². The van der Waals surface area contributed by atoms with Crippen molar-refractivity contribution >= 4 is 34.8 Å². The van der Waals surface area contributed by atoms with E-state index in [9.17, 15) is 27.6 Å². The van der Waals surface area contributed by atoms with Gasteiger partial charge in [-0.25, -0.2) is 0 Å². The molecule has 0 atom stereocenters. The van der Waals surface area contributed by atoms with Crippen molar-refractivity contribution < 1.29 is 27.6 Å². The van der Waals surface area contributed by atoms with Gasteiger partial charge in [0, 0.05) is 61.8 Å². The van der Waals surface area contributed by atoms with Crippen molar-refractivity contribution in [3.63, 3.8) is 0 Å². The maximum absolute atomic E-state index is 13.7. The summed E-state index contributed by atoms with van der Waals surface area (Å²) in [5.41, 5.74) is 2.45. The molecule has 10 heteroatoms. The first-order valence-corrected chi connectivity index (χ1v) is 14.9. The minimum absolute atomic E-state index is 0.0185. The third-order valence-corrected chi connectivity index (χ3v) is 8.52. The number of amides is 3. The van der Waals surface area contributed by atoms with Crippen LogP contribution in [0, 0.1) is 0 Å². The molecule has 224 valence electrons. The third-order valence-electron chi connectivity index (χ3n) is 8.52. The molecule has 43 heavy (non-hydrogen) atoms. The maximum atomic E-state index is 13.7. The van der Waals surface area contributed by atoms with Crippen LogP contribution in [-0.2, 0) is 20.6 Å². The number of anilines is 3. The minimum Gasteiger partial charge on any atom is -0.312 e. The van der Waals surface area contributed by atoms with Crippen molar-refractivity contribution in [1.29, 1.82) is 0 Å². The van der Waals surface area contributed by atoms with E-state index in [1.165, 1.54) is 18.3 Å². The van der Waals surface area contributed by atoms with Crippen LogP contribution in [0.15, 0.2) is 54.7 Å². The number of hydrogen-bond donors (Lipinski definition) is 0. The van der Waals surface area contributed by atoms with Gasteiger partial charge in [0.05, 0.1) is 28.3 Å². The first-order chi connectivity index (χ1) is 20.7. The zero-order valence-electron chi connectivity index (χ0n) is 23.8. The van der Waals surface area contributed by atoms with Gasteiger partial charge in [-0.05, 0) is 62.8 Å². The molecule has 0 radical (unpaired) electrons. The average molecular weight is 591 g/mol. The van der Waals surface area contributed by atoms with E-state index >= 15 is 0 Å². The van der Waals surface area contributed by atoms with Crippen LogP contribution in [-0.4, -0.2) is 42.3 Å². The Kier molecular flexibility index (Phi) is 7.94. The molecule has 7 nitrogen and oxygen atoms in total. The van der Waals surface area contributed by atoms with Crippen LogP contribution in [0.3, 0.4) is 0 Å². The van der Waals surface area contributed by atoms with Crippen molar-refractivity contribution in [3.05, 3.63) is 60.3 Å². The zero-order valence-corrected chi connectivity index (χ0v) is 23.8. The highest BCUT2D eigenvalue weighted by molar-refractivity contribution is 6.07. The van der Waals surface area contributed by atoms with Gasteiger partial charge in [0.15, 0.2) is 0 Å². The first-order valence-electron chi connectivity index (χ1n) is 14.9. The SMILES string of the molecule is O=C1CCCCN1c1cc(N2CCCCC2=O)c(N2CCCCC2=O)cc1-c1ccc(-c2ccccc2C(F)(F)F)nc1. The molecular weight excluding hydrogens is 557 g/mol. The molecule has 0 bridgehead atoms. The number of benzene rings is 2. The number of nitrogens with zero attached hydrogens (tertiary/aromatic N) is 4. The molecule has 0 N–H and O–H groups in total. The van der Waals surface area contributed by atoms with E-state index in [-0.39, 0.29) is 29.0 Å². The summed E-state index contributed by atoms with van der Waals surface area (Å²) in [5.74, 6) is -0.0779. The quantitative estimate of drug-likeness (QED) is 0.321. The van der Waals surface area contributed by atoms with Crippen LogP contribution in [0.1, 0.15) is 63.4 Å². The molecule has 3 fully saturated rings. The monoisotopic (exact) mass is 590 g/mol. The molecule has 3 aliphatic rings. The van der Waals surface area contributed by atoms with Crippen LogP contribution in [0.25, 0.3) is 22.4 Å². The van der Waals surface area contributed by atoms with Gasteiger partial charge in [0.25, 0.3) is 0 Å². The van der Waals surface area contributed by atoms with Crippen molar-refractivity contribution in [3.8, 4) is 22.4 Å². The largest absolute Gasteiger partial charge is 0.417 e. The van der Waals surface area contributed by atoms with Gasteiger partial charge in [-0.2, -0.15) is 13.2 Å². The summed E-state index contributed by atoms with van der Waals surface area (Å²) >= 11 is 0. The fraction of sp³-hybridized carbons (Fsp3) is 0.394. The fourth-order valence-corrected chi connectivity index (χ4v) is 6.30. The van der Waals surface area contributed by atoms with Crippen LogP contribution in [0.5, 0.6) is 0 Å². The van der Waals surface area contributed by atoms with Crippen LogP contribution >= 0.6 is 0 Å². The van der Waals surface area contributed by atoms with Crippen molar-refractivity contribution in [1.82, 2.24) is 4.98 Å². The number of pyridine rings is 1. The summed E-state index contributed by atoms with van der Waals surface area (Å²) in [6, 6.07) is 12.3.